The van der Waals surface area contributed by atoms with Gasteiger partial charge in [-0.1, -0.05) is 0 Å². The lowest BCUT2D eigenvalue weighted by atomic mass is 10.2. The molecule has 2 aliphatic rings. The molecule has 1 aliphatic heterocycles. The van der Waals surface area contributed by atoms with Gasteiger partial charge in [0, 0.05) is 18.4 Å². The smallest absolute Gasteiger partial charge is 0.224 e. The van der Waals surface area contributed by atoms with Gasteiger partial charge >= 0.3 is 0 Å². The highest BCUT2D eigenvalue weighted by molar-refractivity contribution is 7.92. The van der Waals surface area contributed by atoms with Crippen LogP contribution >= 0.6 is 22.9 Å². The molecule has 0 aromatic carbocycles. The Kier molecular flexibility index (Phi) is 3.80. The van der Waals surface area contributed by atoms with Gasteiger partial charge in [-0.15, -0.1) is 11.3 Å². The summed E-state index contributed by atoms with van der Waals surface area (Å²) < 4.78 is 30.2. The third kappa shape index (κ3) is 2.42. The molecule has 4 rings (SSSR count). The van der Waals surface area contributed by atoms with Crippen LogP contribution in [0.4, 0.5) is 5.82 Å². The third-order valence-electron chi connectivity index (χ3n) is 4.91. The molecular formula is C15H18ClN3O3S2. The number of hydrogen-bond acceptors (Lipinski definition) is 7. The zero-order valence-corrected chi connectivity index (χ0v) is 15.8. The normalized spacial score (nSPS) is 23.6. The van der Waals surface area contributed by atoms with Crippen molar-refractivity contribution >= 4 is 48.8 Å². The molecule has 1 saturated carbocycles. The van der Waals surface area contributed by atoms with E-state index in [1.807, 2.05) is 5.38 Å². The Balaban J connectivity index is 1.90. The van der Waals surface area contributed by atoms with E-state index in [9.17, 15) is 8.42 Å². The molecule has 24 heavy (non-hydrogen) atoms. The maximum atomic E-state index is 12.3. The van der Waals surface area contributed by atoms with Crippen LogP contribution < -0.4 is 4.90 Å². The van der Waals surface area contributed by atoms with E-state index < -0.39 is 14.6 Å². The van der Waals surface area contributed by atoms with Gasteiger partial charge in [-0.2, -0.15) is 4.98 Å². The molecule has 3 heterocycles. The summed E-state index contributed by atoms with van der Waals surface area (Å²) >= 11 is 7.68. The Hall–Kier alpha value is -0.960. The van der Waals surface area contributed by atoms with E-state index >= 15 is 0 Å². The number of halogens is 1. The van der Waals surface area contributed by atoms with Crippen molar-refractivity contribution < 1.29 is 13.2 Å². The van der Waals surface area contributed by atoms with Gasteiger partial charge in [-0.3, -0.25) is 0 Å². The van der Waals surface area contributed by atoms with E-state index in [2.05, 4.69) is 21.8 Å². The lowest BCUT2D eigenvalue weighted by Crippen LogP contribution is -2.44. The van der Waals surface area contributed by atoms with Crippen LogP contribution in [-0.4, -0.2) is 50.4 Å². The quantitative estimate of drug-likeness (QED) is 0.754. The first kappa shape index (κ1) is 16.5. The Morgan fingerprint density at radius 2 is 2.17 bits per heavy atom. The van der Waals surface area contributed by atoms with E-state index in [1.165, 1.54) is 17.6 Å². The fraction of sp³-hybridized carbons (Fsp3) is 0.600. The van der Waals surface area contributed by atoms with E-state index in [1.54, 1.807) is 0 Å². The van der Waals surface area contributed by atoms with Crippen LogP contribution in [-0.2, 0) is 19.3 Å². The van der Waals surface area contributed by atoms with Crippen LogP contribution in [0.1, 0.15) is 25.3 Å². The second kappa shape index (κ2) is 5.52. The Morgan fingerprint density at radius 3 is 2.79 bits per heavy atom. The van der Waals surface area contributed by atoms with Gasteiger partial charge in [-0.05, 0) is 36.7 Å². The summed E-state index contributed by atoms with van der Waals surface area (Å²) in [7, 11) is -3.20. The number of aromatic nitrogens is 2. The highest BCUT2D eigenvalue weighted by Crippen LogP contribution is 2.55. The Labute approximate surface area is 149 Å². The molecule has 130 valence electrons. The van der Waals surface area contributed by atoms with Gasteiger partial charge in [0.1, 0.15) is 0 Å². The first-order valence-corrected chi connectivity index (χ1v) is 11.0. The predicted octanol–water partition coefficient (Wildman–Crippen LogP) is 2.60. The first-order chi connectivity index (χ1) is 11.3. The highest BCUT2D eigenvalue weighted by Gasteiger charge is 2.55. The van der Waals surface area contributed by atoms with E-state index in [0.717, 1.165) is 22.6 Å². The minimum atomic E-state index is -3.20. The topological polar surface area (TPSA) is 72.4 Å². The molecule has 0 spiro atoms. The van der Waals surface area contributed by atoms with Gasteiger partial charge in [0.25, 0.3) is 0 Å². The predicted molar refractivity (Wildman–Crippen MR) is 95.8 cm³/mol. The lowest BCUT2D eigenvalue weighted by molar-refractivity contribution is 0.0987. The average Bonchev–Trinajstić information content (AvgIpc) is 3.22. The van der Waals surface area contributed by atoms with Gasteiger partial charge in [0.15, 0.2) is 15.7 Å². The second-order valence-electron chi connectivity index (χ2n) is 6.53. The molecule has 0 N–H and O–H groups in total. The van der Waals surface area contributed by atoms with Gasteiger partial charge in [-0.25, -0.2) is 13.4 Å². The number of nitrogens with zero attached hydrogens (tertiary/aromatic N) is 3. The molecule has 0 radical (unpaired) electrons. The summed E-state index contributed by atoms with van der Waals surface area (Å²) in [6, 6.07) is 0.184. The van der Waals surface area contributed by atoms with Gasteiger partial charge in [0.2, 0.25) is 5.28 Å². The largest absolute Gasteiger partial charge is 0.377 e. The number of sulfone groups is 1. The van der Waals surface area contributed by atoms with Crippen molar-refractivity contribution in [2.75, 3.05) is 30.9 Å². The zero-order chi connectivity index (χ0) is 17.1. The fourth-order valence-corrected chi connectivity index (χ4v) is 6.14. The first-order valence-electron chi connectivity index (χ1n) is 7.83. The lowest BCUT2D eigenvalue weighted by Gasteiger charge is -2.34. The van der Waals surface area contributed by atoms with E-state index in [0.29, 0.717) is 31.6 Å². The van der Waals surface area contributed by atoms with Crippen molar-refractivity contribution in [2.45, 2.75) is 30.6 Å². The molecule has 0 unspecified atom stereocenters. The molecule has 2 fully saturated rings. The second-order valence-corrected chi connectivity index (χ2v) is 10.1. The number of fused-ring (bicyclic) bond motifs is 1. The fourth-order valence-electron chi connectivity index (χ4n) is 3.39. The van der Waals surface area contributed by atoms with E-state index in [-0.39, 0.29) is 11.3 Å². The summed E-state index contributed by atoms with van der Waals surface area (Å²) in [5, 5.41) is 2.07. The SMILES string of the molecule is C[C@@H]1COCCN1c1nc(Cl)nc2c(C3(S(C)(=O)=O)CC3)csc12. The van der Waals surface area contributed by atoms with Crippen LogP contribution in [0.25, 0.3) is 10.2 Å². The minimum Gasteiger partial charge on any atom is -0.377 e. The molecule has 1 aliphatic carbocycles. The van der Waals surface area contributed by atoms with Crippen molar-refractivity contribution in [3.05, 3.63) is 16.2 Å². The summed E-state index contributed by atoms with van der Waals surface area (Å²) in [4.78, 5) is 11.0. The van der Waals surface area contributed by atoms with Crippen LogP contribution in [0.5, 0.6) is 0 Å². The minimum absolute atomic E-state index is 0.153. The molecule has 6 nitrogen and oxygen atoms in total. The average molecular weight is 388 g/mol. The van der Waals surface area contributed by atoms with Crippen molar-refractivity contribution in [2.24, 2.45) is 0 Å². The summed E-state index contributed by atoms with van der Waals surface area (Å²) in [6.45, 7) is 4.08. The number of rotatable bonds is 3. The molecule has 0 bridgehead atoms. The third-order valence-corrected chi connectivity index (χ3v) is 8.10. The van der Waals surface area contributed by atoms with Gasteiger partial charge in [0.05, 0.1) is 34.2 Å². The van der Waals surface area contributed by atoms with Crippen molar-refractivity contribution in [3.8, 4) is 0 Å². The molecule has 0 amide bonds. The zero-order valence-electron chi connectivity index (χ0n) is 13.5. The molecule has 1 saturated heterocycles. The van der Waals surface area contributed by atoms with Crippen LogP contribution in [0.3, 0.4) is 0 Å². The van der Waals surface area contributed by atoms with Crippen molar-refractivity contribution in [3.63, 3.8) is 0 Å². The molecule has 2 aromatic rings. The van der Waals surface area contributed by atoms with Crippen molar-refractivity contribution in [1.82, 2.24) is 9.97 Å². The molecule has 9 heteroatoms. The maximum absolute atomic E-state index is 12.3. The molecule has 1 atom stereocenters. The number of ether oxygens (including phenoxy) is 1. The van der Waals surface area contributed by atoms with Gasteiger partial charge < -0.3 is 9.64 Å². The summed E-state index contributed by atoms with van der Waals surface area (Å²) in [6.07, 6.45) is 2.59. The summed E-state index contributed by atoms with van der Waals surface area (Å²) in [5.41, 5.74) is 1.45. The van der Waals surface area contributed by atoms with Crippen LogP contribution in [0.15, 0.2) is 5.38 Å². The monoisotopic (exact) mass is 387 g/mol. The Bertz CT molecular complexity index is 908. The number of thiophene rings is 1. The molecule has 2 aromatic heterocycles. The highest BCUT2D eigenvalue weighted by atomic mass is 35.5. The number of morpholine rings is 1. The van der Waals surface area contributed by atoms with Crippen LogP contribution in [0, 0.1) is 0 Å². The molecular weight excluding hydrogens is 370 g/mol. The van der Waals surface area contributed by atoms with E-state index in [4.69, 9.17) is 16.3 Å². The standard InChI is InChI=1S/C15H18ClN3O3S2/c1-9-7-22-6-5-19(9)13-12-11(17-14(16)18-13)10(8-23-12)15(3-4-15)24(2,20)21/h8-9H,3-7H2,1-2H3/t9-/m1/s1. The number of anilines is 1. The summed E-state index contributed by atoms with van der Waals surface area (Å²) in [5.74, 6) is 0.779. The van der Waals surface area contributed by atoms with Crippen LogP contribution in [0.2, 0.25) is 5.28 Å². The number of hydrogen-bond donors (Lipinski definition) is 0. The van der Waals surface area contributed by atoms with Crippen molar-refractivity contribution in [1.29, 1.82) is 0 Å². The maximum Gasteiger partial charge on any atom is 0.224 e. The Morgan fingerprint density at radius 1 is 1.42 bits per heavy atom.